The Morgan fingerprint density at radius 2 is 2.00 bits per heavy atom. The predicted octanol–water partition coefficient (Wildman–Crippen LogP) is 2.19. The Labute approximate surface area is 88.3 Å². The number of carbonyl (C=O) groups excluding carboxylic acids is 1. The Bertz CT molecular complexity index is 356. The summed E-state index contributed by atoms with van der Waals surface area (Å²) in [6.07, 6.45) is 2.67. The molecule has 1 aromatic carbocycles. The first-order valence-corrected chi connectivity index (χ1v) is 5.20. The molecule has 0 aromatic heterocycles. The third-order valence-electron chi connectivity index (χ3n) is 2.91. The smallest absolute Gasteiger partial charge is 0.218 e. The number of halogens is 1. The lowest BCUT2D eigenvalue weighted by atomic mass is 9.91. The molecule has 1 saturated carbocycles. The van der Waals surface area contributed by atoms with Crippen LogP contribution >= 0.6 is 0 Å². The van der Waals surface area contributed by atoms with E-state index in [4.69, 9.17) is 5.73 Å². The summed E-state index contributed by atoms with van der Waals surface area (Å²) in [6.45, 7) is 0. The molecule has 1 aliphatic rings. The van der Waals surface area contributed by atoms with Crippen LogP contribution in [0.1, 0.15) is 30.7 Å². The van der Waals surface area contributed by atoms with Crippen molar-refractivity contribution in [2.75, 3.05) is 0 Å². The van der Waals surface area contributed by atoms with Crippen LogP contribution in [-0.4, -0.2) is 5.91 Å². The van der Waals surface area contributed by atoms with Crippen molar-refractivity contribution in [2.45, 2.75) is 25.2 Å². The first-order valence-electron chi connectivity index (χ1n) is 5.20. The maximum Gasteiger partial charge on any atom is 0.218 e. The van der Waals surface area contributed by atoms with Gasteiger partial charge in [-0.05, 0) is 42.4 Å². The molecule has 3 heteroatoms. The lowest BCUT2D eigenvalue weighted by molar-refractivity contribution is -0.118. The van der Waals surface area contributed by atoms with Gasteiger partial charge >= 0.3 is 0 Å². The Hall–Kier alpha value is -1.38. The van der Waals surface area contributed by atoms with Crippen LogP contribution in [0.2, 0.25) is 0 Å². The number of benzene rings is 1. The molecule has 2 rings (SSSR count). The van der Waals surface area contributed by atoms with Crippen molar-refractivity contribution in [1.82, 2.24) is 0 Å². The third kappa shape index (κ3) is 2.55. The minimum atomic E-state index is -0.281. The van der Waals surface area contributed by atoms with Crippen LogP contribution < -0.4 is 5.73 Å². The van der Waals surface area contributed by atoms with E-state index in [0.29, 0.717) is 12.3 Å². The van der Waals surface area contributed by atoms with Gasteiger partial charge in [0.05, 0.1) is 0 Å². The molecule has 1 aliphatic carbocycles. The molecule has 0 unspecified atom stereocenters. The molecule has 15 heavy (non-hydrogen) atoms. The van der Waals surface area contributed by atoms with Crippen molar-refractivity contribution in [3.8, 4) is 0 Å². The van der Waals surface area contributed by atoms with Crippen LogP contribution in [0.15, 0.2) is 24.3 Å². The summed E-state index contributed by atoms with van der Waals surface area (Å²) in [5.74, 6) is 0.217. The second-order valence-corrected chi connectivity index (χ2v) is 4.17. The van der Waals surface area contributed by atoms with Gasteiger partial charge in [0.25, 0.3) is 0 Å². The van der Waals surface area contributed by atoms with Crippen molar-refractivity contribution in [3.05, 3.63) is 35.6 Å². The lowest BCUT2D eigenvalue weighted by Gasteiger charge is -2.14. The highest BCUT2D eigenvalue weighted by Gasteiger charge is 2.33. The molecule has 2 nitrogen and oxygen atoms in total. The average Bonchev–Trinajstić information content (AvgIpc) is 2.99. The van der Waals surface area contributed by atoms with Gasteiger partial charge in [0, 0.05) is 6.42 Å². The highest BCUT2D eigenvalue weighted by molar-refractivity contribution is 5.74. The number of carbonyl (C=O) groups is 1. The van der Waals surface area contributed by atoms with E-state index in [1.165, 1.54) is 12.1 Å². The van der Waals surface area contributed by atoms with Crippen LogP contribution in [0.25, 0.3) is 0 Å². The van der Waals surface area contributed by atoms with E-state index in [1.54, 1.807) is 12.1 Å². The normalized spacial score (nSPS) is 17.4. The summed E-state index contributed by atoms with van der Waals surface area (Å²) in [5, 5.41) is 0. The van der Waals surface area contributed by atoms with E-state index >= 15 is 0 Å². The standard InChI is InChI=1S/C12H14FNO/c13-10-5-3-9(4-6-10)11(7-12(14)15)8-1-2-8/h3-6,8,11H,1-2,7H2,(H2,14,15)/t11-/m0/s1. The molecule has 80 valence electrons. The van der Waals surface area contributed by atoms with E-state index in [-0.39, 0.29) is 17.6 Å². The molecule has 0 saturated heterocycles. The van der Waals surface area contributed by atoms with Gasteiger partial charge in [-0.3, -0.25) is 4.79 Å². The number of primary amides is 1. The van der Waals surface area contributed by atoms with E-state index in [2.05, 4.69) is 0 Å². The van der Waals surface area contributed by atoms with Crippen molar-refractivity contribution in [1.29, 1.82) is 0 Å². The van der Waals surface area contributed by atoms with Gasteiger partial charge < -0.3 is 5.73 Å². The zero-order valence-electron chi connectivity index (χ0n) is 8.45. The van der Waals surface area contributed by atoms with Crippen molar-refractivity contribution >= 4 is 5.91 Å². The Balaban J connectivity index is 2.16. The molecule has 0 spiro atoms. The highest BCUT2D eigenvalue weighted by atomic mass is 19.1. The van der Waals surface area contributed by atoms with Gasteiger partial charge in [-0.15, -0.1) is 0 Å². The molecule has 1 amide bonds. The first-order chi connectivity index (χ1) is 7.16. The van der Waals surface area contributed by atoms with Crippen LogP contribution in [0.4, 0.5) is 4.39 Å². The minimum absolute atomic E-state index is 0.183. The van der Waals surface area contributed by atoms with Crippen LogP contribution in [0.3, 0.4) is 0 Å². The summed E-state index contributed by atoms with van der Waals surface area (Å²) < 4.78 is 12.7. The zero-order chi connectivity index (χ0) is 10.8. The van der Waals surface area contributed by atoms with Gasteiger partial charge in [0.1, 0.15) is 5.82 Å². The largest absolute Gasteiger partial charge is 0.370 e. The van der Waals surface area contributed by atoms with Gasteiger partial charge in [-0.1, -0.05) is 12.1 Å². The number of hydrogen-bond donors (Lipinski definition) is 1. The molecule has 1 aromatic rings. The molecule has 1 atom stereocenters. The summed E-state index contributed by atoms with van der Waals surface area (Å²) >= 11 is 0. The van der Waals surface area contributed by atoms with Gasteiger partial charge in [0.15, 0.2) is 0 Å². The van der Waals surface area contributed by atoms with Crippen molar-refractivity contribution in [3.63, 3.8) is 0 Å². The maximum atomic E-state index is 12.7. The second-order valence-electron chi connectivity index (χ2n) is 4.17. The number of hydrogen-bond acceptors (Lipinski definition) is 1. The molecule has 0 aliphatic heterocycles. The van der Waals surface area contributed by atoms with E-state index in [9.17, 15) is 9.18 Å². The Kier molecular flexibility index (Phi) is 2.71. The highest BCUT2D eigenvalue weighted by Crippen LogP contribution is 2.44. The maximum absolute atomic E-state index is 12.7. The fourth-order valence-electron chi connectivity index (χ4n) is 1.98. The minimum Gasteiger partial charge on any atom is -0.370 e. The number of rotatable bonds is 4. The molecular formula is C12H14FNO. The van der Waals surface area contributed by atoms with E-state index < -0.39 is 0 Å². The zero-order valence-corrected chi connectivity index (χ0v) is 8.45. The predicted molar refractivity (Wildman–Crippen MR) is 55.7 cm³/mol. The SMILES string of the molecule is NC(=O)C[C@H](c1ccc(F)cc1)C1CC1. The van der Waals surface area contributed by atoms with Gasteiger partial charge in [-0.2, -0.15) is 0 Å². The summed E-state index contributed by atoms with van der Waals surface area (Å²) in [6, 6.07) is 6.37. The monoisotopic (exact) mass is 207 g/mol. The topological polar surface area (TPSA) is 43.1 Å². The molecular weight excluding hydrogens is 193 g/mol. The molecule has 0 bridgehead atoms. The molecule has 1 fully saturated rings. The van der Waals surface area contributed by atoms with E-state index in [1.807, 2.05) is 0 Å². The van der Waals surface area contributed by atoms with Crippen LogP contribution in [0, 0.1) is 11.7 Å². The van der Waals surface area contributed by atoms with Crippen LogP contribution in [-0.2, 0) is 4.79 Å². The summed E-state index contributed by atoms with van der Waals surface area (Å²) in [4.78, 5) is 10.9. The van der Waals surface area contributed by atoms with Gasteiger partial charge in [0.2, 0.25) is 5.91 Å². The van der Waals surface area contributed by atoms with Gasteiger partial charge in [-0.25, -0.2) is 4.39 Å². The summed E-state index contributed by atoms with van der Waals surface area (Å²) in [5.41, 5.74) is 6.24. The average molecular weight is 207 g/mol. The first kappa shape index (κ1) is 10.1. The van der Waals surface area contributed by atoms with Crippen molar-refractivity contribution < 1.29 is 9.18 Å². The fraction of sp³-hybridized carbons (Fsp3) is 0.417. The lowest BCUT2D eigenvalue weighted by Crippen LogP contribution is -2.16. The quantitative estimate of drug-likeness (QED) is 0.808. The van der Waals surface area contributed by atoms with E-state index in [0.717, 1.165) is 18.4 Å². The van der Waals surface area contributed by atoms with Crippen LogP contribution in [0.5, 0.6) is 0 Å². The number of nitrogens with two attached hydrogens (primary N) is 1. The van der Waals surface area contributed by atoms with Crippen molar-refractivity contribution in [2.24, 2.45) is 11.7 Å². The molecule has 0 heterocycles. The number of amides is 1. The molecule has 0 radical (unpaired) electrons. The summed E-state index contributed by atoms with van der Waals surface area (Å²) in [7, 11) is 0. The Morgan fingerprint density at radius 1 is 1.40 bits per heavy atom. The molecule has 2 N–H and O–H groups in total. The fourth-order valence-corrected chi connectivity index (χ4v) is 1.98. The third-order valence-corrected chi connectivity index (χ3v) is 2.91. The second kappa shape index (κ2) is 4.01. The Morgan fingerprint density at radius 3 is 2.47 bits per heavy atom.